The van der Waals surface area contributed by atoms with E-state index in [0.717, 1.165) is 24.8 Å². The molecule has 1 amide bonds. The third-order valence-corrected chi connectivity index (χ3v) is 5.81. The number of allylic oxidation sites excluding steroid dienone is 1. The number of carboxylic acid groups (broad SMARTS) is 1. The minimum absolute atomic E-state index is 0.0914. The van der Waals surface area contributed by atoms with Crippen molar-refractivity contribution in [3.05, 3.63) is 77.1 Å². The zero-order chi connectivity index (χ0) is 19.5. The van der Waals surface area contributed by atoms with Gasteiger partial charge >= 0.3 is 5.97 Å². The van der Waals surface area contributed by atoms with Crippen molar-refractivity contribution in [2.24, 2.45) is 0 Å². The van der Waals surface area contributed by atoms with Gasteiger partial charge in [0.05, 0.1) is 6.04 Å². The smallest absolute Gasteiger partial charge is 0.313 e. The highest BCUT2D eigenvalue weighted by Crippen LogP contribution is 2.43. The number of benzene rings is 1. The fourth-order valence-electron chi connectivity index (χ4n) is 4.43. The topological polar surface area (TPSA) is 70.5 Å². The molecule has 0 saturated heterocycles. The lowest BCUT2D eigenvalue weighted by molar-refractivity contribution is -0.140. The highest BCUT2D eigenvalue weighted by Gasteiger charge is 2.44. The molecule has 2 aliphatic rings. The molecular formula is C23H24N2O3. The van der Waals surface area contributed by atoms with Crippen LogP contribution in [-0.2, 0) is 4.79 Å². The molecule has 5 nitrogen and oxygen atoms in total. The van der Waals surface area contributed by atoms with Crippen molar-refractivity contribution in [2.45, 2.75) is 44.1 Å². The highest BCUT2D eigenvalue weighted by atomic mass is 16.4. The normalized spacial score (nSPS) is 21.8. The summed E-state index contributed by atoms with van der Waals surface area (Å²) in [5.74, 6) is -1.80. The summed E-state index contributed by atoms with van der Waals surface area (Å²) in [6.45, 7) is 0.524. The number of rotatable bonds is 5. The summed E-state index contributed by atoms with van der Waals surface area (Å²) >= 11 is 0. The Labute approximate surface area is 164 Å². The standard InChI is InChI=1S/C23H24N2O3/c26-22-19-9-5-4-8-18(19)20(23(27)28)21(17-10-13-24-14-11-17)25(22)15-12-16-6-2-1-3-7-16/h4-6,8-11,13-14,20-21H,1-3,7,12,15H2,(H,27,28). The second-order valence-corrected chi connectivity index (χ2v) is 7.49. The number of hydrogen-bond donors (Lipinski definition) is 1. The van der Waals surface area contributed by atoms with Crippen LogP contribution in [0.3, 0.4) is 0 Å². The van der Waals surface area contributed by atoms with Gasteiger partial charge in [0.1, 0.15) is 5.92 Å². The molecule has 2 unspecified atom stereocenters. The Morgan fingerprint density at radius 1 is 1.14 bits per heavy atom. The first kappa shape index (κ1) is 18.4. The molecule has 1 aromatic carbocycles. The first-order valence-corrected chi connectivity index (χ1v) is 9.87. The summed E-state index contributed by atoms with van der Waals surface area (Å²) in [6, 6.07) is 10.2. The van der Waals surface area contributed by atoms with E-state index >= 15 is 0 Å². The number of aromatic nitrogens is 1. The maximum atomic E-state index is 13.3. The Hall–Kier alpha value is -2.95. The van der Waals surface area contributed by atoms with Crippen LogP contribution in [0.5, 0.6) is 0 Å². The third-order valence-electron chi connectivity index (χ3n) is 5.81. The molecule has 0 bridgehead atoms. The molecule has 0 fully saturated rings. The van der Waals surface area contributed by atoms with Crippen molar-refractivity contribution in [2.75, 3.05) is 6.54 Å². The monoisotopic (exact) mass is 376 g/mol. The van der Waals surface area contributed by atoms with Crippen molar-refractivity contribution in [3.8, 4) is 0 Å². The van der Waals surface area contributed by atoms with Crippen molar-refractivity contribution in [1.82, 2.24) is 9.88 Å². The molecule has 1 aliphatic heterocycles. The predicted molar refractivity (Wildman–Crippen MR) is 106 cm³/mol. The molecule has 1 aromatic heterocycles. The number of hydrogen-bond acceptors (Lipinski definition) is 3. The first-order valence-electron chi connectivity index (χ1n) is 9.87. The number of amides is 1. The van der Waals surface area contributed by atoms with E-state index in [9.17, 15) is 14.7 Å². The fraction of sp³-hybridized carbons (Fsp3) is 0.348. The molecule has 1 aliphatic carbocycles. The Kier molecular flexibility index (Phi) is 5.24. The molecule has 28 heavy (non-hydrogen) atoms. The Bertz CT molecular complexity index is 907. The van der Waals surface area contributed by atoms with Crippen LogP contribution in [-0.4, -0.2) is 33.4 Å². The summed E-state index contributed by atoms with van der Waals surface area (Å²) < 4.78 is 0. The summed E-state index contributed by atoms with van der Waals surface area (Å²) in [7, 11) is 0. The number of nitrogens with zero attached hydrogens (tertiary/aromatic N) is 2. The second-order valence-electron chi connectivity index (χ2n) is 7.49. The Morgan fingerprint density at radius 2 is 1.93 bits per heavy atom. The fourth-order valence-corrected chi connectivity index (χ4v) is 4.43. The number of carbonyl (C=O) groups is 2. The zero-order valence-electron chi connectivity index (χ0n) is 15.8. The molecule has 0 spiro atoms. The van der Waals surface area contributed by atoms with E-state index in [1.807, 2.05) is 12.1 Å². The van der Waals surface area contributed by atoms with Gasteiger partial charge in [-0.2, -0.15) is 0 Å². The number of carbonyl (C=O) groups excluding carboxylic acids is 1. The van der Waals surface area contributed by atoms with Gasteiger partial charge in [-0.1, -0.05) is 29.8 Å². The van der Waals surface area contributed by atoms with E-state index < -0.39 is 17.9 Å². The highest BCUT2D eigenvalue weighted by molar-refractivity contribution is 6.00. The summed E-state index contributed by atoms with van der Waals surface area (Å²) in [6.07, 6.45) is 11.0. The van der Waals surface area contributed by atoms with Crippen LogP contribution in [0.2, 0.25) is 0 Å². The molecule has 2 aromatic rings. The van der Waals surface area contributed by atoms with Gasteiger partial charge in [0.25, 0.3) is 5.91 Å². The third kappa shape index (κ3) is 3.44. The van der Waals surface area contributed by atoms with E-state index in [-0.39, 0.29) is 5.91 Å². The SMILES string of the molecule is O=C(O)C1c2ccccc2C(=O)N(CCC2=CCCCC2)C1c1ccncc1. The number of carboxylic acids is 1. The van der Waals surface area contributed by atoms with Crippen LogP contribution in [0.4, 0.5) is 0 Å². The molecule has 144 valence electrons. The van der Waals surface area contributed by atoms with Crippen LogP contribution >= 0.6 is 0 Å². The van der Waals surface area contributed by atoms with Crippen LogP contribution in [0, 0.1) is 0 Å². The van der Waals surface area contributed by atoms with Gasteiger partial charge in [0.15, 0.2) is 0 Å². The maximum Gasteiger partial charge on any atom is 0.313 e. The van der Waals surface area contributed by atoms with Gasteiger partial charge in [-0.05, 0) is 61.4 Å². The van der Waals surface area contributed by atoms with Crippen molar-refractivity contribution in [3.63, 3.8) is 0 Å². The van der Waals surface area contributed by atoms with Crippen LogP contribution < -0.4 is 0 Å². The predicted octanol–water partition coefficient (Wildman–Crippen LogP) is 4.34. The van der Waals surface area contributed by atoms with Gasteiger partial charge in [-0.15, -0.1) is 0 Å². The summed E-state index contributed by atoms with van der Waals surface area (Å²) in [5, 5.41) is 10.1. The van der Waals surface area contributed by atoms with E-state index in [4.69, 9.17) is 0 Å². The van der Waals surface area contributed by atoms with Crippen LogP contribution in [0.1, 0.15) is 65.5 Å². The minimum atomic E-state index is -0.913. The van der Waals surface area contributed by atoms with Crippen LogP contribution in [0.25, 0.3) is 0 Å². The summed E-state index contributed by atoms with van der Waals surface area (Å²) in [4.78, 5) is 31.4. The van der Waals surface area contributed by atoms with E-state index in [1.54, 1.807) is 41.6 Å². The van der Waals surface area contributed by atoms with Gasteiger partial charge in [0, 0.05) is 24.5 Å². The van der Waals surface area contributed by atoms with Crippen molar-refractivity contribution >= 4 is 11.9 Å². The lowest BCUT2D eigenvalue weighted by atomic mass is 9.79. The molecule has 0 saturated carbocycles. The lowest BCUT2D eigenvalue weighted by Crippen LogP contribution is -2.45. The number of aliphatic carboxylic acids is 1. The van der Waals surface area contributed by atoms with E-state index in [1.165, 1.54) is 18.4 Å². The minimum Gasteiger partial charge on any atom is -0.481 e. The van der Waals surface area contributed by atoms with Crippen molar-refractivity contribution in [1.29, 1.82) is 0 Å². The Morgan fingerprint density at radius 3 is 2.64 bits per heavy atom. The maximum absolute atomic E-state index is 13.3. The Balaban J connectivity index is 1.75. The second kappa shape index (κ2) is 7.97. The van der Waals surface area contributed by atoms with Gasteiger partial charge in [0.2, 0.25) is 0 Å². The first-order chi connectivity index (χ1) is 13.7. The zero-order valence-corrected chi connectivity index (χ0v) is 15.8. The van der Waals surface area contributed by atoms with E-state index in [0.29, 0.717) is 17.7 Å². The largest absolute Gasteiger partial charge is 0.481 e. The molecule has 2 atom stereocenters. The molecule has 4 rings (SSSR count). The average Bonchev–Trinajstić information content (AvgIpc) is 2.74. The quantitative estimate of drug-likeness (QED) is 0.788. The average molecular weight is 376 g/mol. The van der Waals surface area contributed by atoms with Gasteiger partial charge in [-0.3, -0.25) is 14.6 Å². The number of fused-ring (bicyclic) bond motifs is 1. The molecule has 0 radical (unpaired) electrons. The van der Waals surface area contributed by atoms with Crippen LogP contribution in [0.15, 0.2) is 60.4 Å². The van der Waals surface area contributed by atoms with E-state index in [2.05, 4.69) is 11.1 Å². The van der Waals surface area contributed by atoms with Gasteiger partial charge < -0.3 is 10.0 Å². The molecular weight excluding hydrogens is 352 g/mol. The number of pyridine rings is 1. The van der Waals surface area contributed by atoms with Crippen molar-refractivity contribution < 1.29 is 14.7 Å². The molecule has 2 heterocycles. The summed E-state index contributed by atoms with van der Waals surface area (Å²) in [5.41, 5.74) is 3.27. The lowest BCUT2D eigenvalue weighted by Gasteiger charge is -2.41. The molecule has 5 heteroatoms. The van der Waals surface area contributed by atoms with Gasteiger partial charge in [-0.25, -0.2) is 0 Å². The molecule has 1 N–H and O–H groups in total.